The summed E-state index contributed by atoms with van der Waals surface area (Å²) in [7, 11) is 0. The average Bonchev–Trinajstić information content (AvgIpc) is 2.35. The summed E-state index contributed by atoms with van der Waals surface area (Å²) < 4.78 is 0. The van der Waals surface area contributed by atoms with Crippen LogP contribution in [0, 0.1) is 0 Å². The molecular formula is C7H10N2O2. The zero-order chi connectivity index (χ0) is 8.27. The highest BCUT2D eigenvalue weighted by atomic mass is 16.4. The second kappa shape index (κ2) is 3.09. The first-order valence-electron chi connectivity index (χ1n) is 3.33. The van der Waals surface area contributed by atoms with E-state index in [1.54, 1.807) is 13.1 Å². The van der Waals surface area contributed by atoms with Gasteiger partial charge in [-0.3, -0.25) is 0 Å². The third kappa shape index (κ3) is 2.00. The van der Waals surface area contributed by atoms with Gasteiger partial charge in [0.25, 0.3) is 0 Å². The van der Waals surface area contributed by atoms with Crippen molar-refractivity contribution in [2.24, 2.45) is 0 Å². The van der Waals surface area contributed by atoms with Crippen molar-refractivity contribution in [3.05, 3.63) is 24.0 Å². The Morgan fingerprint density at radius 3 is 3.00 bits per heavy atom. The molecule has 4 nitrogen and oxygen atoms in total. The molecule has 0 spiro atoms. The molecule has 0 fully saturated rings. The predicted octanol–water partition coefficient (Wildman–Crippen LogP) is 1.34. The molecule has 1 aromatic rings. The molecule has 60 valence electrons. The minimum atomic E-state index is -1.01. The van der Waals surface area contributed by atoms with Crippen LogP contribution in [0.5, 0.6) is 0 Å². The summed E-state index contributed by atoms with van der Waals surface area (Å²) >= 11 is 0. The molecule has 1 atom stereocenters. The number of carbonyl (C=O) groups is 1. The van der Waals surface area contributed by atoms with Gasteiger partial charge in [0.05, 0.1) is 6.04 Å². The Kier molecular flexibility index (Phi) is 2.15. The van der Waals surface area contributed by atoms with Gasteiger partial charge in [0.1, 0.15) is 0 Å². The lowest BCUT2D eigenvalue weighted by Crippen LogP contribution is -2.24. The summed E-state index contributed by atoms with van der Waals surface area (Å²) in [6.07, 6.45) is 0.752. The molecular weight excluding hydrogens is 144 g/mol. The molecule has 1 heterocycles. The van der Waals surface area contributed by atoms with E-state index in [9.17, 15) is 4.79 Å². The Morgan fingerprint density at radius 2 is 2.55 bits per heavy atom. The number of nitrogens with one attached hydrogen (secondary N) is 2. The van der Waals surface area contributed by atoms with Gasteiger partial charge in [0.2, 0.25) is 0 Å². The van der Waals surface area contributed by atoms with Crippen LogP contribution in [0.3, 0.4) is 0 Å². The maximum atomic E-state index is 10.2. The molecule has 0 bridgehead atoms. The van der Waals surface area contributed by atoms with Crippen molar-refractivity contribution in [3.63, 3.8) is 0 Å². The van der Waals surface area contributed by atoms with Crippen LogP contribution >= 0.6 is 0 Å². The summed E-state index contributed by atoms with van der Waals surface area (Å²) in [5.41, 5.74) is 0.868. The summed E-state index contributed by atoms with van der Waals surface area (Å²) in [6.45, 7) is 1.78. The van der Waals surface area contributed by atoms with Gasteiger partial charge in [-0.1, -0.05) is 0 Å². The first-order valence-corrected chi connectivity index (χ1v) is 3.33. The quantitative estimate of drug-likeness (QED) is 0.601. The molecule has 3 N–H and O–H groups in total. The van der Waals surface area contributed by atoms with Crippen LogP contribution in [-0.4, -0.2) is 16.2 Å². The Morgan fingerprint density at radius 1 is 1.82 bits per heavy atom. The molecule has 0 aliphatic heterocycles. The van der Waals surface area contributed by atoms with E-state index in [0.29, 0.717) is 0 Å². The topological polar surface area (TPSA) is 65.1 Å². The third-order valence-electron chi connectivity index (χ3n) is 1.43. The molecule has 11 heavy (non-hydrogen) atoms. The molecule has 1 rings (SSSR count). The lowest BCUT2D eigenvalue weighted by molar-refractivity contribution is 0.190. The summed E-state index contributed by atoms with van der Waals surface area (Å²) in [5.74, 6) is 0. The van der Waals surface area contributed by atoms with Crippen LogP contribution in [0.15, 0.2) is 18.3 Å². The predicted molar refractivity (Wildman–Crippen MR) is 40.4 cm³/mol. The van der Waals surface area contributed by atoms with Crippen LogP contribution in [0.1, 0.15) is 18.7 Å². The standard InChI is InChI=1S/C7H10N2O2/c1-5(9-7(10)11)6-3-2-4-8-6/h2-5,8-9H,1H3,(H,10,11). The number of rotatable bonds is 2. The molecule has 0 saturated carbocycles. The third-order valence-corrected chi connectivity index (χ3v) is 1.43. The molecule has 4 heteroatoms. The summed E-state index contributed by atoms with van der Waals surface area (Å²) in [4.78, 5) is 13.1. The molecule has 0 radical (unpaired) electrons. The lowest BCUT2D eigenvalue weighted by Gasteiger charge is -2.08. The van der Waals surface area contributed by atoms with E-state index < -0.39 is 6.09 Å². The van der Waals surface area contributed by atoms with E-state index >= 15 is 0 Å². The van der Waals surface area contributed by atoms with E-state index in [2.05, 4.69) is 10.3 Å². The van der Waals surface area contributed by atoms with E-state index in [1.165, 1.54) is 0 Å². The maximum Gasteiger partial charge on any atom is 0.405 e. The molecule has 1 amide bonds. The normalized spacial score (nSPS) is 12.5. The Balaban J connectivity index is 2.56. The average molecular weight is 154 g/mol. The first kappa shape index (κ1) is 7.65. The number of H-pyrrole nitrogens is 1. The highest BCUT2D eigenvalue weighted by molar-refractivity contribution is 5.65. The lowest BCUT2D eigenvalue weighted by atomic mass is 10.2. The molecule has 1 aromatic heterocycles. The summed E-state index contributed by atoms with van der Waals surface area (Å²) in [6, 6.07) is 3.48. The van der Waals surface area contributed by atoms with Crippen LogP contribution in [0.25, 0.3) is 0 Å². The molecule has 0 aliphatic carbocycles. The number of carboxylic acid groups (broad SMARTS) is 1. The Bertz CT molecular complexity index is 231. The van der Waals surface area contributed by atoms with E-state index in [1.807, 2.05) is 12.1 Å². The number of hydrogen-bond donors (Lipinski definition) is 3. The van der Waals surface area contributed by atoms with Crippen molar-refractivity contribution in [1.29, 1.82) is 0 Å². The van der Waals surface area contributed by atoms with Crippen LogP contribution < -0.4 is 5.32 Å². The van der Waals surface area contributed by atoms with Gasteiger partial charge < -0.3 is 15.4 Å². The zero-order valence-corrected chi connectivity index (χ0v) is 6.16. The highest BCUT2D eigenvalue weighted by Crippen LogP contribution is 2.07. The Hall–Kier alpha value is -1.45. The minimum Gasteiger partial charge on any atom is -0.465 e. The van der Waals surface area contributed by atoms with Gasteiger partial charge in [-0.25, -0.2) is 4.79 Å². The SMILES string of the molecule is CC(NC(=O)O)c1ccc[nH]1. The second-order valence-electron chi connectivity index (χ2n) is 2.30. The van der Waals surface area contributed by atoms with Gasteiger partial charge in [-0.05, 0) is 19.1 Å². The van der Waals surface area contributed by atoms with Crippen molar-refractivity contribution in [2.75, 3.05) is 0 Å². The minimum absolute atomic E-state index is 0.178. The van der Waals surface area contributed by atoms with Gasteiger partial charge in [0, 0.05) is 11.9 Å². The van der Waals surface area contributed by atoms with Crippen LogP contribution in [0.4, 0.5) is 4.79 Å². The van der Waals surface area contributed by atoms with E-state index in [-0.39, 0.29) is 6.04 Å². The van der Waals surface area contributed by atoms with Crippen LogP contribution in [-0.2, 0) is 0 Å². The number of amides is 1. The van der Waals surface area contributed by atoms with Crippen molar-refractivity contribution in [2.45, 2.75) is 13.0 Å². The number of aromatic amines is 1. The molecule has 0 aromatic carbocycles. The van der Waals surface area contributed by atoms with Gasteiger partial charge >= 0.3 is 6.09 Å². The molecule has 1 unspecified atom stereocenters. The molecule has 0 saturated heterocycles. The van der Waals surface area contributed by atoms with E-state index in [0.717, 1.165) is 5.69 Å². The van der Waals surface area contributed by atoms with Crippen molar-refractivity contribution < 1.29 is 9.90 Å². The van der Waals surface area contributed by atoms with Crippen molar-refractivity contribution in [1.82, 2.24) is 10.3 Å². The second-order valence-corrected chi connectivity index (χ2v) is 2.30. The zero-order valence-electron chi connectivity index (χ0n) is 6.16. The number of aromatic nitrogens is 1. The fourth-order valence-corrected chi connectivity index (χ4v) is 0.877. The Labute approximate surface area is 64.2 Å². The maximum absolute atomic E-state index is 10.2. The van der Waals surface area contributed by atoms with Gasteiger partial charge in [-0.15, -0.1) is 0 Å². The first-order chi connectivity index (χ1) is 5.20. The smallest absolute Gasteiger partial charge is 0.405 e. The number of hydrogen-bond acceptors (Lipinski definition) is 1. The van der Waals surface area contributed by atoms with Crippen molar-refractivity contribution >= 4 is 6.09 Å². The monoisotopic (exact) mass is 154 g/mol. The van der Waals surface area contributed by atoms with Crippen LogP contribution in [0.2, 0.25) is 0 Å². The summed E-state index contributed by atoms with van der Waals surface area (Å²) in [5, 5.41) is 10.7. The fraction of sp³-hybridized carbons (Fsp3) is 0.286. The van der Waals surface area contributed by atoms with Crippen molar-refractivity contribution in [3.8, 4) is 0 Å². The largest absolute Gasteiger partial charge is 0.465 e. The molecule has 0 aliphatic rings. The van der Waals surface area contributed by atoms with Gasteiger partial charge in [0.15, 0.2) is 0 Å². The fourth-order valence-electron chi connectivity index (χ4n) is 0.877. The van der Waals surface area contributed by atoms with Gasteiger partial charge in [-0.2, -0.15) is 0 Å². The highest BCUT2D eigenvalue weighted by Gasteiger charge is 2.06. The van der Waals surface area contributed by atoms with E-state index in [4.69, 9.17) is 5.11 Å².